The first-order valence-electron chi connectivity index (χ1n) is 7.14. The number of rotatable bonds is 4. The smallest absolute Gasteiger partial charge is 0.272 e. The summed E-state index contributed by atoms with van der Waals surface area (Å²) in [6.07, 6.45) is 2.10. The number of alkyl halides is 3. The summed E-state index contributed by atoms with van der Waals surface area (Å²) in [5.41, 5.74) is 0.932. The lowest BCUT2D eigenvalue weighted by atomic mass is 10.1. The third kappa shape index (κ3) is 3.27. The zero-order chi connectivity index (χ0) is 15.7. The van der Waals surface area contributed by atoms with Gasteiger partial charge in [0.05, 0.1) is 6.20 Å². The molecule has 3 rings (SSSR count). The molecule has 1 fully saturated rings. The van der Waals surface area contributed by atoms with Gasteiger partial charge in [-0.05, 0) is 37.3 Å². The average Bonchev–Trinajstić information content (AvgIpc) is 3.08. The van der Waals surface area contributed by atoms with Gasteiger partial charge in [-0.1, -0.05) is 11.6 Å². The van der Waals surface area contributed by atoms with Crippen LogP contribution in [0.15, 0.2) is 24.5 Å². The van der Waals surface area contributed by atoms with Crippen molar-refractivity contribution in [1.29, 1.82) is 0 Å². The summed E-state index contributed by atoms with van der Waals surface area (Å²) in [6, 6.07) is 2.78. The molecule has 118 valence electrons. The van der Waals surface area contributed by atoms with Crippen LogP contribution in [0, 0.1) is 5.92 Å². The normalized spacial score (nSPS) is 21.7. The van der Waals surface area contributed by atoms with E-state index in [1.54, 1.807) is 17.1 Å². The SMILES string of the molecule is FC(F)c1ccc(-c2cnn(C[C@H]3CC[C@H](F)C3)c2)c(Cl)n1. The maximum atomic E-state index is 13.2. The molecule has 0 unspecified atom stereocenters. The molecule has 1 saturated carbocycles. The highest BCUT2D eigenvalue weighted by molar-refractivity contribution is 6.32. The Labute approximate surface area is 131 Å². The van der Waals surface area contributed by atoms with Gasteiger partial charge in [0, 0.05) is 23.9 Å². The molecule has 7 heteroatoms. The molecule has 0 aliphatic heterocycles. The highest BCUT2D eigenvalue weighted by atomic mass is 35.5. The first kappa shape index (κ1) is 15.3. The van der Waals surface area contributed by atoms with Crippen molar-refractivity contribution in [2.45, 2.75) is 38.4 Å². The number of halogens is 4. The Balaban J connectivity index is 1.76. The topological polar surface area (TPSA) is 30.7 Å². The molecule has 3 nitrogen and oxygen atoms in total. The minimum Gasteiger partial charge on any atom is -0.272 e. The van der Waals surface area contributed by atoms with E-state index in [1.165, 1.54) is 12.1 Å². The molecule has 0 radical (unpaired) electrons. The van der Waals surface area contributed by atoms with Gasteiger partial charge in [-0.15, -0.1) is 0 Å². The summed E-state index contributed by atoms with van der Waals surface area (Å²) in [7, 11) is 0. The predicted octanol–water partition coefficient (Wildman–Crippen LogP) is 4.67. The summed E-state index contributed by atoms with van der Waals surface area (Å²) in [5.74, 6) is 0.289. The fourth-order valence-corrected chi connectivity index (χ4v) is 3.10. The summed E-state index contributed by atoms with van der Waals surface area (Å²) in [5, 5.41) is 4.27. The zero-order valence-electron chi connectivity index (χ0n) is 11.7. The van der Waals surface area contributed by atoms with Gasteiger partial charge >= 0.3 is 0 Å². The monoisotopic (exact) mass is 329 g/mol. The molecule has 0 bridgehead atoms. The molecular formula is C15H15ClF3N3. The molecule has 0 spiro atoms. The van der Waals surface area contributed by atoms with Crippen molar-refractivity contribution in [2.24, 2.45) is 5.92 Å². The Morgan fingerprint density at radius 3 is 2.77 bits per heavy atom. The maximum absolute atomic E-state index is 13.2. The third-order valence-electron chi connectivity index (χ3n) is 3.96. The Hall–Kier alpha value is -1.56. The molecule has 2 atom stereocenters. The first-order chi connectivity index (χ1) is 10.5. The van der Waals surface area contributed by atoms with E-state index in [9.17, 15) is 13.2 Å². The fourth-order valence-electron chi connectivity index (χ4n) is 2.83. The Morgan fingerprint density at radius 1 is 1.32 bits per heavy atom. The first-order valence-corrected chi connectivity index (χ1v) is 7.52. The summed E-state index contributed by atoms with van der Waals surface area (Å²) in [6.45, 7) is 0.653. The van der Waals surface area contributed by atoms with Crippen LogP contribution in [-0.2, 0) is 6.54 Å². The molecule has 1 aliphatic rings. The van der Waals surface area contributed by atoms with Crippen molar-refractivity contribution >= 4 is 11.6 Å². The van der Waals surface area contributed by atoms with E-state index >= 15 is 0 Å². The standard InChI is InChI=1S/C15H15ClF3N3/c16-14-12(3-4-13(21-14)15(18)19)10-6-20-22(8-10)7-9-1-2-11(17)5-9/h3-4,6,8-9,11,15H,1-2,5,7H2/t9-,11-/m0/s1. The van der Waals surface area contributed by atoms with Gasteiger partial charge in [0.25, 0.3) is 6.43 Å². The van der Waals surface area contributed by atoms with Crippen LogP contribution in [-0.4, -0.2) is 20.9 Å². The molecule has 0 saturated heterocycles. The molecule has 0 amide bonds. The lowest BCUT2D eigenvalue weighted by Gasteiger charge is -2.08. The van der Waals surface area contributed by atoms with E-state index in [4.69, 9.17) is 11.6 Å². The Kier molecular flexibility index (Phi) is 4.38. The van der Waals surface area contributed by atoms with Gasteiger partial charge in [0.2, 0.25) is 0 Å². The van der Waals surface area contributed by atoms with E-state index in [1.807, 2.05) is 0 Å². The van der Waals surface area contributed by atoms with Gasteiger partial charge in [-0.2, -0.15) is 5.10 Å². The Morgan fingerprint density at radius 2 is 2.14 bits per heavy atom. The number of aromatic nitrogens is 3. The molecule has 2 aromatic rings. The second-order valence-electron chi connectivity index (χ2n) is 5.60. The van der Waals surface area contributed by atoms with Gasteiger partial charge in [-0.25, -0.2) is 18.2 Å². The highest BCUT2D eigenvalue weighted by Crippen LogP contribution is 2.31. The summed E-state index contributed by atoms with van der Waals surface area (Å²) in [4.78, 5) is 3.70. The van der Waals surface area contributed by atoms with Crippen LogP contribution in [0.3, 0.4) is 0 Å². The molecule has 0 N–H and O–H groups in total. The van der Waals surface area contributed by atoms with Crippen LogP contribution < -0.4 is 0 Å². The number of pyridine rings is 1. The fraction of sp³-hybridized carbons (Fsp3) is 0.467. The quantitative estimate of drug-likeness (QED) is 0.763. The van der Waals surface area contributed by atoms with Crippen molar-refractivity contribution in [2.75, 3.05) is 0 Å². The maximum Gasteiger partial charge on any atom is 0.280 e. The van der Waals surface area contributed by atoms with Crippen molar-refractivity contribution < 1.29 is 13.2 Å². The zero-order valence-corrected chi connectivity index (χ0v) is 12.5. The van der Waals surface area contributed by atoms with Crippen LogP contribution in [0.4, 0.5) is 13.2 Å². The Bertz CT molecular complexity index is 659. The van der Waals surface area contributed by atoms with Crippen LogP contribution in [0.1, 0.15) is 31.4 Å². The molecule has 0 aromatic carbocycles. The van der Waals surface area contributed by atoms with Crippen LogP contribution in [0.25, 0.3) is 11.1 Å². The van der Waals surface area contributed by atoms with Crippen LogP contribution in [0.2, 0.25) is 5.15 Å². The number of hydrogen-bond donors (Lipinski definition) is 0. The van der Waals surface area contributed by atoms with Gasteiger partial charge in [0.1, 0.15) is 17.0 Å². The van der Waals surface area contributed by atoms with E-state index in [2.05, 4.69) is 10.1 Å². The van der Waals surface area contributed by atoms with E-state index in [0.29, 0.717) is 30.5 Å². The number of nitrogens with zero attached hydrogens (tertiary/aromatic N) is 3. The molecule has 2 aromatic heterocycles. The second-order valence-corrected chi connectivity index (χ2v) is 5.96. The summed E-state index contributed by atoms with van der Waals surface area (Å²) < 4.78 is 40.1. The van der Waals surface area contributed by atoms with E-state index in [-0.39, 0.29) is 16.8 Å². The lowest BCUT2D eigenvalue weighted by Crippen LogP contribution is -2.08. The van der Waals surface area contributed by atoms with Crippen molar-refractivity contribution in [1.82, 2.24) is 14.8 Å². The van der Waals surface area contributed by atoms with E-state index < -0.39 is 12.6 Å². The molecule has 2 heterocycles. The number of hydrogen-bond acceptors (Lipinski definition) is 2. The summed E-state index contributed by atoms with van der Waals surface area (Å²) >= 11 is 5.98. The second kappa shape index (κ2) is 6.28. The molecular weight excluding hydrogens is 315 g/mol. The van der Waals surface area contributed by atoms with E-state index in [0.717, 1.165) is 6.42 Å². The van der Waals surface area contributed by atoms with Crippen molar-refractivity contribution in [3.63, 3.8) is 0 Å². The van der Waals surface area contributed by atoms with Gasteiger partial charge < -0.3 is 0 Å². The average molecular weight is 330 g/mol. The molecule has 22 heavy (non-hydrogen) atoms. The third-order valence-corrected chi connectivity index (χ3v) is 4.25. The van der Waals surface area contributed by atoms with Crippen LogP contribution in [0.5, 0.6) is 0 Å². The van der Waals surface area contributed by atoms with Crippen LogP contribution >= 0.6 is 11.6 Å². The largest absolute Gasteiger partial charge is 0.280 e. The highest BCUT2D eigenvalue weighted by Gasteiger charge is 2.24. The van der Waals surface area contributed by atoms with Gasteiger partial charge in [-0.3, -0.25) is 4.68 Å². The molecule has 1 aliphatic carbocycles. The van der Waals surface area contributed by atoms with Crippen molar-refractivity contribution in [3.05, 3.63) is 35.4 Å². The lowest BCUT2D eigenvalue weighted by molar-refractivity contribution is 0.146. The minimum atomic E-state index is -2.65. The minimum absolute atomic E-state index is 0.0297. The predicted molar refractivity (Wildman–Crippen MR) is 77.7 cm³/mol. The van der Waals surface area contributed by atoms with Crippen molar-refractivity contribution in [3.8, 4) is 11.1 Å². The van der Waals surface area contributed by atoms with Gasteiger partial charge in [0.15, 0.2) is 0 Å².